The van der Waals surface area contributed by atoms with Crippen molar-refractivity contribution >= 4 is 27.3 Å². The van der Waals surface area contributed by atoms with E-state index in [0.29, 0.717) is 34.5 Å². The Kier molecular flexibility index (Phi) is 5.80. The van der Waals surface area contributed by atoms with Gasteiger partial charge in [0.1, 0.15) is 18.1 Å². The van der Waals surface area contributed by atoms with Crippen LogP contribution in [0.5, 0.6) is 11.5 Å². The van der Waals surface area contributed by atoms with Crippen molar-refractivity contribution in [2.24, 2.45) is 0 Å². The number of fused-ring (bicyclic) bond motifs is 1. The second-order valence-electron chi connectivity index (χ2n) is 8.16. The van der Waals surface area contributed by atoms with Crippen LogP contribution >= 0.6 is 11.6 Å². The number of carbonyl (C=O) groups is 1. The maximum atomic E-state index is 13.5. The van der Waals surface area contributed by atoms with E-state index in [-0.39, 0.29) is 30.6 Å². The number of amides is 1. The summed E-state index contributed by atoms with van der Waals surface area (Å²) < 4.78 is 41.9. The number of rotatable bonds is 5. The van der Waals surface area contributed by atoms with E-state index in [9.17, 15) is 13.2 Å². The van der Waals surface area contributed by atoms with Crippen molar-refractivity contribution in [3.8, 4) is 22.8 Å². The molecule has 3 aromatic rings. The first kappa shape index (κ1) is 21.9. The third-order valence-electron chi connectivity index (χ3n) is 5.83. The number of sulfone groups is 1. The van der Waals surface area contributed by atoms with Gasteiger partial charge in [-0.25, -0.2) is 8.42 Å². The molecule has 3 heterocycles. The van der Waals surface area contributed by atoms with Gasteiger partial charge in [0.25, 0.3) is 5.91 Å². The van der Waals surface area contributed by atoms with Crippen molar-refractivity contribution in [2.45, 2.75) is 25.1 Å². The lowest BCUT2D eigenvalue weighted by Gasteiger charge is -2.33. The van der Waals surface area contributed by atoms with Crippen LogP contribution in [0.4, 0.5) is 0 Å². The summed E-state index contributed by atoms with van der Waals surface area (Å²) in [5, 5.41) is 0.626. The van der Waals surface area contributed by atoms with E-state index in [1.165, 1.54) is 0 Å². The highest BCUT2D eigenvalue weighted by molar-refractivity contribution is 7.91. The molecule has 2 aliphatic heterocycles. The Morgan fingerprint density at radius 1 is 1.03 bits per heavy atom. The van der Waals surface area contributed by atoms with Crippen LogP contribution in [0, 0.1) is 0 Å². The SMILES string of the molecule is O=C([C@H]1COc2ccccc2O1)N(Cc1ccc(-c2ccc(Cl)cc2)o1)[C@H]1CCS(=O)(=O)C1. The highest BCUT2D eigenvalue weighted by Crippen LogP contribution is 2.32. The number of furan rings is 1. The molecular weight excluding hydrogens is 466 g/mol. The number of halogens is 1. The van der Waals surface area contributed by atoms with Gasteiger partial charge >= 0.3 is 0 Å². The quantitative estimate of drug-likeness (QED) is 0.541. The number of carbonyl (C=O) groups excluding carboxylic acids is 1. The summed E-state index contributed by atoms with van der Waals surface area (Å²) in [6, 6.07) is 17.6. The van der Waals surface area contributed by atoms with Gasteiger partial charge < -0.3 is 18.8 Å². The van der Waals surface area contributed by atoms with E-state index in [4.69, 9.17) is 25.5 Å². The van der Waals surface area contributed by atoms with Crippen molar-refractivity contribution in [3.05, 3.63) is 71.4 Å². The molecule has 0 spiro atoms. The van der Waals surface area contributed by atoms with Gasteiger partial charge in [-0.3, -0.25) is 4.79 Å². The minimum Gasteiger partial charge on any atom is -0.485 e. The maximum Gasteiger partial charge on any atom is 0.267 e. The molecule has 0 saturated carbocycles. The zero-order valence-corrected chi connectivity index (χ0v) is 19.2. The maximum absolute atomic E-state index is 13.5. The molecule has 0 unspecified atom stereocenters. The summed E-state index contributed by atoms with van der Waals surface area (Å²) >= 11 is 5.96. The van der Waals surface area contributed by atoms with Gasteiger partial charge in [-0.05, 0) is 55.0 Å². The minimum absolute atomic E-state index is 0.0556. The van der Waals surface area contributed by atoms with Crippen LogP contribution in [-0.2, 0) is 21.2 Å². The highest BCUT2D eigenvalue weighted by Gasteiger charge is 2.39. The van der Waals surface area contributed by atoms with Crippen LogP contribution in [0.15, 0.2) is 65.1 Å². The van der Waals surface area contributed by atoms with Crippen LogP contribution in [0.25, 0.3) is 11.3 Å². The molecule has 1 fully saturated rings. The zero-order valence-electron chi connectivity index (χ0n) is 17.6. The second kappa shape index (κ2) is 8.76. The summed E-state index contributed by atoms with van der Waals surface area (Å²) in [6.45, 7) is 0.189. The number of hydrogen-bond acceptors (Lipinski definition) is 6. The number of benzene rings is 2. The van der Waals surface area contributed by atoms with E-state index < -0.39 is 22.0 Å². The van der Waals surface area contributed by atoms with Gasteiger partial charge in [0.2, 0.25) is 6.10 Å². The monoisotopic (exact) mass is 487 g/mol. The first-order chi connectivity index (χ1) is 15.9. The smallest absolute Gasteiger partial charge is 0.267 e. The van der Waals surface area contributed by atoms with E-state index in [2.05, 4.69) is 0 Å². The van der Waals surface area contributed by atoms with Gasteiger partial charge in [-0.1, -0.05) is 23.7 Å². The first-order valence-electron chi connectivity index (χ1n) is 10.6. The van der Waals surface area contributed by atoms with E-state index in [1.54, 1.807) is 41.3 Å². The molecular formula is C24H22ClNO6S. The molecule has 172 valence electrons. The molecule has 0 radical (unpaired) electrons. The second-order valence-corrected chi connectivity index (χ2v) is 10.8. The van der Waals surface area contributed by atoms with E-state index in [1.807, 2.05) is 24.3 Å². The van der Waals surface area contributed by atoms with Crippen molar-refractivity contribution in [2.75, 3.05) is 18.1 Å². The van der Waals surface area contributed by atoms with E-state index >= 15 is 0 Å². The summed E-state index contributed by atoms with van der Waals surface area (Å²) in [5.74, 6) is 1.91. The molecule has 2 aliphatic rings. The van der Waals surface area contributed by atoms with Crippen LogP contribution in [0.1, 0.15) is 12.2 Å². The summed E-state index contributed by atoms with van der Waals surface area (Å²) in [6.07, 6.45) is -0.489. The van der Waals surface area contributed by atoms with Crippen molar-refractivity contribution in [1.82, 2.24) is 4.90 Å². The molecule has 2 atom stereocenters. The predicted octanol–water partition coefficient (Wildman–Crippen LogP) is 3.96. The van der Waals surface area contributed by atoms with Crippen molar-refractivity contribution in [3.63, 3.8) is 0 Å². The number of hydrogen-bond donors (Lipinski definition) is 0. The molecule has 5 rings (SSSR count). The highest BCUT2D eigenvalue weighted by atomic mass is 35.5. The molecule has 7 nitrogen and oxygen atoms in total. The molecule has 33 heavy (non-hydrogen) atoms. The van der Waals surface area contributed by atoms with Crippen LogP contribution in [0.2, 0.25) is 5.02 Å². The van der Waals surface area contributed by atoms with Crippen LogP contribution in [0.3, 0.4) is 0 Å². The van der Waals surface area contributed by atoms with Crippen molar-refractivity contribution in [1.29, 1.82) is 0 Å². The normalized spacial score (nSPS) is 21.0. The minimum atomic E-state index is -3.20. The molecule has 1 amide bonds. The lowest BCUT2D eigenvalue weighted by Crippen LogP contribution is -2.50. The van der Waals surface area contributed by atoms with Gasteiger partial charge in [0.05, 0.1) is 18.1 Å². The van der Waals surface area contributed by atoms with Crippen LogP contribution < -0.4 is 9.47 Å². The molecule has 0 N–H and O–H groups in total. The Hall–Kier alpha value is -2.97. The van der Waals surface area contributed by atoms with Gasteiger partial charge in [-0.15, -0.1) is 0 Å². The lowest BCUT2D eigenvalue weighted by atomic mass is 10.1. The van der Waals surface area contributed by atoms with Gasteiger partial charge in [-0.2, -0.15) is 0 Å². The lowest BCUT2D eigenvalue weighted by molar-refractivity contribution is -0.144. The molecule has 2 aromatic carbocycles. The van der Waals surface area contributed by atoms with Gasteiger partial charge in [0.15, 0.2) is 21.3 Å². The van der Waals surface area contributed by atoms with E-state index in [0.717, 1.165) is 5.56 Å². The van der Waals surface area contributed by atoms with Crippen molar-refractivity contribution < 1.29 is 27.1 Å². The fourth-order valence-electron chi connectivity index (χ4n) is 4.13. The van der Waals surface area contributed by atoms with Crippen LogP contribution in [-0.4, -0.2) is 49.5 Å². The summed E-state index contributed by atoms with van der Waals surface area (Å²) in [5.41, 5.74) is 0.854. The average Bonchev–Trinajstić information content (AvgIpc) is 3.43. The first-order valence-corrected chi connectivity index (χ1v) is 12.8. The Bertz CT molecular complexity index is 1270. The molecule has 9 heteroatoms. The molecule has 0 bridgehead atoms. The number of nitrogens with zero attached hydrogens (tertiary/aromatic N) is 1. The zero-order chi connectivity index (χ0) is 23.0. The molecule has 1 aromatic heterocycles. The summed E-state index contributed by atoms with van der Waals surface area (Å²) in [4.78, 5) is 15.0. The Labute approximate surface area is 196 Å². The summed E-state index contributed by atoms with van der Waals surface area (Å²) in [7, 11) is -3.20. The third kappa shape index (κ3) is 4.72. The fraction of sp³-hybridized carbons (Fsp3) is 0.292. The fourth-order valence-corrected chi connectivity index (χ4v) is 5.99. The Balaban J connectivity index is 1.39. The average molecular weight is 488 g/mol. The largest absolute Gasteiger partial charge is 0.485 e. The van der Waals surface area contributed by atoms with Gasteiger partial charge in [0, 0.05) is 16.6 Å². The standard InChI is InChI=1S/C24H22ClNO6S/c25-17-7-5-16(6-8-17)20-10-9-19(31-20)13-26(18-11-12-33(28,29)15-18)24(27)23-14-30-21-3-1-2-4-22(21)32-23/h1-10,18,23H,11-15H2/t18-,23+/m0/s1. The Morgan fingerprint density at radius 2 is 1.79 bits per heavy atom. The predicted molar refractivity (Wildman–Crippen MR) is 123 cm³/mol. The molecule has 1 saturated heterocycles. The Morgan fingerprint density at radius 3 is 2.52 bits per heavy atom. The number of ether oxygens (including phenoxy) is 2. The number of para-hydroxylation sites is 2. The molecule has 0 aliphatic carbocycles. The topological polar surface area (TPSA) is 86.1 Å². The third-order valence-corrected chi connectivity index (χ3v) is 7.84.